The van der Waals surface area contributed by atoms with E-state index in [0.29, 0.717) is 16.5 Å². The molecule has 1 heterocycles. The van der Waals surface area contributed by atoms with Gasteiger partial charge < -0.3 is 4.42 Å². The Balaban J connectivity index is 1.76. The molecule has 21 heavy (non-hydrogen) atoms. The van der Waals surface area contributed by atoms with Gasteiger partial charge in [-0.05, 0) is 37.3 Å². The van der Waals surface area contributed by atoms with Crippen LogP contribution in [0.1, 0.15) is 16.1 Å². The first kappa shape index (κ1) is 14.2. The van der Waals surface area contributed by atoms with Gasteiger partial charge in [0.05, 0.1) is 10.8 Å². The lowest BCUT2D eigenvalue weighted by Gasteiger charge is -2.01. The van der Waals surface area contributed by atoms with E-state index < -0.39 is 0 Å². The minimum atomic E-state index is -0.0335. The molecular formula is C17H13ClO2S. The molecule has 3 rings (SSSR count). The van der Waals surface area contributed by atoms with Gasteiger partial charge in [0.2, 0.25) is 5.78 Å². The number of Topliss-reactive ketones (excluding diaryl/α,β-unsaturated/α-hetero) is 1. The summed E-state index contributed by atoms with van der Waals surface area (Å²) in [7, 11) is 0. The van der Waals surface area contributed by atoms with Crippen LogP contribution in [0.15, 0.2) is 57.8 Å². The Kier molecular flexibility index (Phi) is 4.04. The summed E-state index contributed by atoms with van der Waals surface area (Å²) in [5, 5.41) is 1.62. The Morgan fingerprint density at radius 1 is 1.19 bits per heavy atom. The summed E-state index contributed by atoms with van der Waals surface area (Å²) in [6.07, 6.45) is 0. The highest BCUT2D eigenvalue weighted by atomic mass is 35.5. The van der Waals surface area contributed by atoms with Crippen LogP contribution in [0.25, 0.3) is 11.0 Å². The van der Waals surface area contributed by atoms with E-state index in [4.69, 9.17) is 16.0 Å². The number of carbonyl (C=O) groups is 1. The maximum atomic E-state index is 12.2. The summed E-state index contributed by atoms with van der Waals surface area (Å²) >= 11 is 7.50. The van der Waals surface area contributed by atoms with E-state index in [0.717, 1.165) is 21.4 Å². The zero-order valence-corrected chi connectivity index (χ0v) is 13.0. The number of halogens is 1. The van der Waals surface area contributed by atoms with E-state index >= 15 is 0 Å². The van der Waals surface area contributed by atoms with Crippen LogP contribution in [0.4, 0.5) is 0 Å². The van der Waals surface area contributed by atoms with Crippen molar-refractivity contribution >= 4 is 40.1 Å². The molecule has 2 aromatic carbocycles. The molecule has 4 heteroatoms. The number of thioether (sulfide) groups is 1. The van der Waals surface area contributed by atoms with Gasteiger partial charge in [0.25, 0.3) is 0 Å². The van der Waals surface area contributed by atoms with Crippen LogP contribution in [-0.2, 0) is 0 Å². The standard InChI is InChI=1S/C17H13ClO2S/c1-11-6-7-15-12(8-11)9-16(20-15)14(19)10-21-17-5-3-2-4-13(17)18/h2-9H,10H2,1H3. The van der Waals surface area contributed by atoms with Crippen molar-refractivity contribution in [2.45, 2.75) is 11.8 Å². The fourth-order valence-electron chi connectivity index (χ4n) is 2.08. The van der Waals surface area contributed by atoms with Gasteiger partial charge in [0, 0.05) is 10.3 Å². The van der Waals surface area contributed by atoms with Crippen molar-refractivity contribution in [1.82, 2.24) is 0 Å². The summed E-state index contributed by atoms with van der Waals surface area (Å²) in [6.45, 7) is 2.02. The molecular weight excluding hydrogens is 304 g/mol. The molecule has 2 nitrogen and oxygen atoms in total. The molecule has 0 unspecified atom stereocenters. The van der Waals surface area contributed by atoms with Crippen molar-refractivity contribution in [3.05, 3.63) is 64.9 Å². The summed E-state index contributed by atoms with van der Waals surface area (Å²) in [4.78, 5) is 13.1. The predicted octanol–water partition coefficient (Wildman–Crippen LogP) is 5.37. The minimum Gasteiger partial charge on any atom is -0.453 e. The van der Waals surface area contributed by atoms with Crippen molar-refractivity contribution in [3.63, 3.8) is 0 Å². The molecule has 1 aromatic heterocycles. The van der Waals surface area contributed by atoms with E-state index in [9.17, 15) is 4.79 Å². The van der Waals surface area contributed by atoms with E-state index in [1.807, 2.05) is 49.4 Å². The topological polar surface area (TPSA) is 30.2 Å². The number of aryl methyl sites for hydroxylation is 1. The second-order valence-electron chi connectivity index (χ2n) is 4.79. The van der Waals surface area contributed by atoms with E-state index in [2.05, 4.69) is 0 Å². The third-order valence-corrected chi connectivity index (χ3v) is 4.66. The summed E-state index contributed by atoms with van der Waals surface area (Å²) < 4.78 is 5.61. The minimum absolute atomic E-state index is 0.0335. The highest BCUT2D eigenvalue weighted by Gasteiger charge is 2.13. The molecule has 0 saturated heterocycles. The molecule has 0 aliphatic carbocycles. The maximum Gasteiger partial charge on any atom is 0.208 e. The van der Waals surface area contributed by atoms with Crippen molar-refractivity contribution in [3.8, 4) is 0 Å². The lowest BCUT2D eigenvalue weighted by Crippen LogP contribution is -2.00. The van der Waals surface area contributed by atoms with E-state index in [1.54, 1.807) is 6.07 Å². The Hall–Kier alpha value is -1.71. The zero-order valence-electron chi connectivity index (χ0n) is 11.4. The zero-order chi connectivity index (χ0) is 14.8. The van der Waals surface area contributed by atoms with Crippen LogP contribution >= 0.6 is 23.4 Å². The number of fused-ring (bicyclic) bond motifs is 1. The predicted molar refractivity (Wildman–Crippen MR) is 87.5 cm³/mol. The van der Waals surface area contributed by atoms with Crippen LogP contribution < -0.4 is 0 Å². The van der Waals surface area contributed by atoms with Crippen LogP contribution in [-0.4, -0.2) is 11.5 Å². The van der Waals surface area contributed by atoms with Gasteiger partial charge in [0.1, 0.15) is 5.58 Å². The van der Waals surface area contributed by atoms with Crippen molar-refractivity contribution in [2.24, 2.45) is 0 Å². The van der Waals surface area contributed by atoms with Crippen LogP contribution in [0.3, 0.4) is 0 Å². The molecule has 0 aliphatic rings. The Labute approximate surface area is 132 Å². The molecule has 0 saturated carbocycles. The number of rotatable bonds is 4. The fraction of sp³-hybridized carbons (Fsp3) is 0.118. The number of hydrogen-bond donors (Lipinski definition) is 0. The van der Waals surface area contributed by atoms with Crippen LogP contribution in [0.5, 0.6) is 0 Å². The highest BCUT2D eigenvalue weighted by Crippen LogP contribution is 2.28. The van der Waals surface area contributed by atoms with Crippen molar-refractivity contribution in [2.75, 3.05) is 5.75 Å². The molecule has 0 atom stereocenters. The van der Waals surface area contributed by atoms with Gasteiger partial charge >= 0.3 is 0 Å². The Morgan fingerprint density at radius 3 is 2.81 bits per heavy atom. The fourth-order valence-corrected chi connectivity index (χ4v) is 3.19. The third-order valence-electron chi connectivity index (χ3n) is 3.14. The Bertz CT molecular complexity index is 807. The molecule has 0 N–H and O–H groups in total. The maximum absolute atomic E-state index is 12.2. The van der Waals surface area contributed by atoms with E-state index in [1.165, 1.54) is 11.8 Å². The first-order chi connectivity index (χ1) is 10.1. The molecule has 0 spiro atoms. The molecule has 3 aromatic rings. The second-order valence-corrected chi connectivity index (χ2v) is 6.22. The molecule has 0 aliphatic heterocycles. The quantitative estimate of drug-likeness (QED) is 0.479. The average molecular weight is 317 g/mol. The smallest absolute Gasteiger partial charge is 0.208 e. The number of hydrogen-bond acceptors (Lipinski definition) is 3. The highest BCUT2D eigenvalue weighted by molar-refractivity contribution is 8.00. The third kappa shape index (κ3) is 3.14. The van der Waals surface area contributed by atoms with Gasteiger partial charge in [-0.2, -0.15) is 0 Å². The number of benzene rings is 2. The molecule has 0 amide bonds. The molecule has 0 fully saturated rings. The lowest BCUT2D eigenvalue weighted by atomic mass is 10.2. The average Bonchev–Trinajstić information content (AvgIpc) is 2.89. The van der Waals surface area contributed by atoms with Gasteiger partial charge in [0.15, 0.2) is 5.76 Å². The van der Waals surface area contributed by atoms with Crippen molar-refractivity contribution < 1.29 is 9.21 Å². The second kappa shape index (κ2) is 5.96. The normalized spacial score (nSPS) is 11.0. The first-order valence-electron chi connectivity index (χ1n) is 6.54. The summed E-state index contributed by atoms with van der Waals surface area (Å²) in [5.41, 5.74) is 1.89. The Morgan fingerprint density at radius 2 is 2.00 bits per heavy atom. The summed E-state index contributed by atoms with van der Waals surface area (Å²) in [5.74, 6) is 0.673. The van der Waals surface area contributed by atoms with Crippen molar-refractivity contribution in [1.29, 1.82) is 0 Å². The molecule has 0 bridgehead atoms. The molecule has 106 valence electrons. The van der Waals surface area contributed by atoms with Gasteiger partial charge in [-0.3, -0.25) is 4.79 Å². The van der Waals surface area contributed by atoms with Gasteiger partial charge in [-0.25, -0.2) is 0 Å². The molecule has 0 radical (unpaired) electrons. The number of ketones is 1. The van der Waals surface area contributed by atoms with E-state index in [-0.39, 0.29) is 5.78 Å². The first-order valence-corrected chi connectivity index (χ1v) is 7.90. The SMILES string of the molecule is Cc1ccc2oc(C(=O)CSc3ccccc3Cl)cc2c1. The number of carbonyl (C=O) groups excluding carboxylic acids is 1. The van der Waals surface area contributed by atoms with Gasteiger partial charge in [-0.1, -0.05) is 35.4 Å². The number of furan rings is 1. The van der Waals surface area contributed by atoms with Crippen LogP contribution in [0, 0.1) is 6.92 Å². The summed E-state index contributed by atoms with van der Waals surface area (Å²) in [6, 6.07) is 15.2. The largest absolute Gasteiger partial charge is 0.453 e. The monoisotopic (exact) mass is 316 g/mol. The lowest BCUT2D eigenvalue weighted by molar-refractivity contribution is 0.0994. The van der Waals surface area contributed by atoms with Crippen LogP contribution in [0.2, 0.25) is 5.02 Å². The van der Waals surface area contributed by atoms with Gasteiger partial charge in [-0.15, -0.1) is 11.8 Å².